The van der Waals surface area contributed by atoms with E-state index < -0.39 is 15.6 Å². The lowest BCUT2D eigenvalue weighted by atomic mass is 10.0. The van der Waals surface area contributed by atoms with Gasteiger partial charge < -0.3 is 0 Å². The third-order valence-electron chi connectivity index (χ3n) is 2.47. The Morgan fingerprint density at radius 3 is 2.44 bits per heavy atom. The van der Waals surface area contributed by atoms with E-state index in [2.05, 4.69) is 4.72 Å². The SMILES string of the molecule is CCCC(C)(C)NS(=O)(=O)c1cc(Cl)ccc1Cl. The first-order valence-corrected chi connectivity index (χ1v) is 7.91. The molecule has 0 fully saturated rings. The highest BCUT2D eigenvalue weighted by Gasteiger charge is 2.27. The molecule has 0 heterocycles. The first-order chi connectivity index (χ1) is 8.18. The van der Waals surface area contributed by atoms with Crippen LogP contribution in [0.3, 0.4) is 0 Å². The lowest BCUT2D eigenvalue weighted by Gasteiger charge is -2.25. The van der Waals surface area contributed by atoms with Crippen LogP contribution in [-0.4, -0.2) is 14.0 Å². The van der Waals surface area contributed by atoms with E-state index in [1.165, 1.54) is 12.1 Å². The van der Waals surface area contributed by atoms with Crippen LogP contribution >= 0.6 is 23.2 Å². The van der Waals surface area contributed by atoms with Gasteiger partial charge in [-0.25, -0.2) is 13.1 Å². The summed E-state index contributed by atoms with van der Waals surface area (Å²) in [6, 6.07) is 4.39. The van der Waals surface area contributed by atoms with Crippen LogP contribution < -0.4 is 4.72 Å². The summed E-state index contributed by atoms with van der Waals surface area (Å²) >= 11 is 11.7. The highest BCUT2D eigenvalue weighted by molar-refractivity contribution is 7.89. The zero-order chi connectivity index (χ0) is 14.0. The Balaban J connectivity index is 3.11. The molecule has 1 N–H and O–H groups in total. The molecule has 0 atom stereocenters. The molecular weight excluding hydrogens is 293 g/mol. The monoisotopic (exact) mass is 309 g/mol. The van der Waals surface area contributed by atoms with E-state index in [1.807, 2.05) is 20.8 Å². The lowest BCUT2D eigenvalue weighted by molar-refractivity contribution is 0.418. The molecule has 0 aromatic heterocycles. The molecule has 0 saturated heterocycles. The van der Waals surface area contributed by atoms with Gasteiger partial charge in [0, 0.05) is 10.6 Å². The summed E-state index contributed by atoms with van der Waals surface area (Å²) in [5, 5.41) is 0.507. The van der Waals surface area contributed by atoms with Gasteiger partial charge in [0.2, 0.25) is 10.0 Å². The highest BCUT2D eigenvalue weighted by atomic mass is 35.5. The molecule has 6 heteroatoms. The van der Waals surface area contributed by atoms with E-state index in [1.54, 1.807) is 6.07 Å². The Morgan fingerprint density at radius 1 is 1.28 bits per heavy atom. The third kappa shape index (κ3) is 4.12. The number of hydrogen-bond acceptors (Lipinski definition) is 2. The zero-order valence-corrected chi connectivity index (χ0v) is 13.0. The standard InChI is InChI=1S/C12H17Cl2NO2S/c1-4-7-12(2,3)15-18(16,17)11-8-9(13)5-6-10(11)14/h5-6,8,15H,4,7H2,1-3H3. The van der Waals surface area contributed by atoms with Crippen molar-refractivity contribution in [2.45, 2.75) is 44.0 Å². The summed E-state index contributed by atoms with van der Waals surface area (Å²) in [6.07, 6.45) is 1.63. The van der Waals surface area contributed by atoms with Gasteiger partial charge in [-0.15, -0.1) is 0 Å². The van der Waals surface area contributed by atoms with Gasteiger partial charge in [0.1, 0.15) is 4.90 Å². The van der Waals surface area contributed by atoms with Crippen molar-refractivity contribution in [1.29, 1.82) is 0 Å². The summed E-state index contributed by atoms with van der Waals surface area (Å²) in [5.74, 6) is 0. The molecule has 1 rings (SSSR count). The molecule has 3 nitrogen and oxygen atoms in total. The minimum absolute atomic E-state index is 0.0147. The van der Waals surface area contributed by atoms with Gasteiger partial charge in [-0.1, -0.05) is 36.5 Å². The summed E-state index contributed by atoms with van der Waals surface area (Å²) < 4.78 is 27.1. The fraction of sp³-hybridized carbons (Fsp3) is 0.500. The third-order valence-corrected chi connectivity index (χ3v) is 4.88. The average Bonchev–Trinajstić information content (AvgIpc) is 2.19. The molecule has 0 saturated carbocycles. The van der Waals surface area contributed by atoms with Crippen molar-refractivity contribution in [2.24, 2.45) is 0 Å². The molecule has 0 aliphatic heterocycles. The molecule has 1 aromatic carbocycles. The van der Waals surface area contributed by atoms with Crippen molar-refractivity contribution in [3.63, 3.8) is 0 Å². The second-order valence-corrected chi connectivity index (χ2v) is 7.31. The van der Waals surface area contributed by atoms with Crippen molar-refractivity contribution < 1.29 is 8.42 Å². The van der Waals surface area contributed by atoms with Gasteiger partial charge in [0.05, 0.1) is 5.02 Å². The van der Waals surface area contributed by atoms with E-state index in [9.17, 15) is 8.42 Å². The van der Waals surface area contributed by atoms with E-state index in [0.717, 1.165) is 12.8 Å². The largest absolute Gasteiger partial charge is 0.242 e. The van der Waals surface area contributed by atoms with Crippen LogP contribution in [0, 0.1) is 0 Å². The van der Waals surface area contributed by atoms with Gasteiger partial charge >= 0.3 is 0 Å². The highest BCUT2D eigenvalue weighted by Crippen LogP contribution is 2.26. The Labute approximate surface area is 119 Å². The summed E-state index contributed by atoms with van der Waals surface area (Å²) in [7, 11) is -3.66. The molecule has 0 aliphatic carbocycles. The van der Waals surface area contributed by atoms with Crippen LogP contribution in [0.4, 0.5) is 0 Å². The van der Waals surface area contributed by atoms with E-state index in [0.29, 0.717) is 5.02 Å². The molecule has 0 spiro atoms. The second-order valence-electron chi connectivity index (χ2n) is 4.81. The summed E-state index contributed by atoms with van der Waals surface area (Å²) in [6.45, 7) is 5.68. The molecule has 1 aromatic rings. The van der Waals surface area contributed by atoms with Gasteiger partial charge in [-0.3, -0.25) is 0 Å². The molecule has 0 bridgehead atoms. The number of rotatable bonds is 5. The minimum atomic E-state index is -3.66. The zero-order valence-electron chi connectivity index (χ0n) is 10.6. The van der Waals surface area contributed by atoms with Crippen molar-refractivity contribution in [1.82, 2.24) is 4.72 Å². The molecule has 0 amide bonds. The first kappa shape index (κ1) is 15.8. The van der Waals surface area contributed by atoms with Gasteiger partial charge in [0.15, 0.2) is 0 Å². The fourth-order valence-electron chi connectivity index (χ4n) is 1.78. The van der Waals surface area contributed by atoms with Crippen molar-refractivity contribution in [3.8, 4) is 0 Å². The van der Waals surface area contributed by atoms with Crippen LogP contribution in [0.25, 0.3) is 0 Å². The van der Waals surface area contributed by atoms with Crippen molar-refractivity contribution in [3.05, 3.63) is 28.2 Å². The predicted molar refractivity (Wildman–Crippen MR) is 75.8 cm³/mol. The first-order valence-electron chi connectivity index (χ1n) is 5.67. The maximum absolute atomic E-state index is 12.2. The van der Waals surface area contributed by atoms with Gasteiger partial charge in [0.25, 0.3) is 0 Å². The average molecular weight is 310 g/mol. The predicted octanol–water partition coefficient (Wildman–Crippen LogP) is 3.85. The van der Waals surface area contributed by atoms with Crippen molar-refractivity contribution in [2.75, 3.05) is 0 Å². The lowest BCUT2D eigenvalue weighted by Crippen LogP contribution is -2.43. The Bertz CT molecular complexity index is 527. The molecule has 0 radical (unpaired) electrons. The maximum Gasteiger partial charge on any atom is 0.242 e. The normalized spacial score (nSPS) is 12.7. The number of halogens is 2. The van der Waals surface area contributed by atoms with Crippen LogP contribution in [0.15, 0.2) is 23.1 Å². The van der Waals surface area contributed by atoms with Crippen LogP contribution in [0.5, 0.6) is 0 Å². The summed E-state index contributed by atoms with van der Waals surface area (Å²) in [5.41, 5.74) is -0.515. The Kier molecular flexibility index (Phi) is 5.06. The van der Waals surface area contributed by atoms with Gasteiger partial charge in [-0.05, 0) is 38.5 Å². The Hall–Kier alpha value is -0.290. The second kappa shape index (κ2) is 5.78. The van der Waals surface area contributed by atoms with Crippen LogP contribution in [-0.2, 0) is 10.0 Å². The maximum atomic E-state index is 12.2. The fourth-order valence-corrected chi connectivity index (χ4v) is 3.98. The number of nitrogens with one attached hydrogen (secondary N) is 1. The van der Waals surface area contributed by atoms with E-state index in [-0.39, 0.29) is 9.92 Å². The molecule has 102 valence electrons. The summed E-state index contributed by atoms with van der Waals surface area (Å²) in [4.78, 5) is 0.0147. The van der Waals surface area contributed by atoms with E-state index >= 15 is 0 Å². The number of hydrogen-bond donors (Lipinski definition) is 1. The molecule has 0 aliphatic rings. The van der Waals surface area contributed by atoms with E-state index in [4.69, 9.17) is 23.2 Å². The molecule has 0 unspecified atom stereocenters. The Morgan fingerprint density at radius 2 is 1.89 bits per heavy atom. The van der Waals surface area contributed by atoms with Crippen LogP contribution in [0.2, 0.25) is 10.0 Å². The number of sulfonamides is 1. The number of benzene rings is 1. The smallest absolute Gasteiger partial charge is 0.207 e. The topological polar surface area (TPSA) is 46.2 Å². The minimum Gasteiger partial charge on any atom is -0.207 e. The molecular formula is C12H17Cl2NO2S. The molecule has 18 heavy (non-hydrogen) atoms. The van der Waals surface area contributed by atoms with Crippen LogP contribution in [0.1, 0.15) is 33.6 Å². The van der Waals surface area contributed by atoms with Crippen molar-refractivity contribution >= 4 is 33.2 Å². The van der Waals surface area contributed by atoms with Gasteiger partial charge in [-0.2, -0.15) is 0 Å². The quantitative estimate of drug-likeness (QED) is 0.898.